The predicted molar refractivity (Wildman–Crippen MR) is 434 cm³/mol. The summed E-state index contributed by atoms with van der Waals surface area (Å²) in [5.74, 6) is 2.23. The number of hydrogen-bond donors (Lipinski definition) is 0. The number of rotatable bonds is 34. The van der Waals surface area contributed by atoms with Gasteiger partial charge in [0.15, 0.2) is 27.8 Å². The van der Waals surface area contributed by atoms with Gasteiger partial charge in [0.05, 0.1) is 79.5 Å². The molecule has 580 valence electrons. The van der Waals surface area contributed by atoms with E-state index >= 15 is 0 Å². The molecule has 0 aliphatic carbocycles. The lowest BCUT2D eigenvalue weighted by Crippen LogP contribution is -2.52. The maximum absolute atomic E-state index is 12.7. The average molecular weight is 1540 g/mol. The fourth-order valence-corrected chi connectivity index (χ4v) is 28.5. The highest BCUT2D eigenvalue weighted by Crippen LogP contribution is 2.50. The molecule has 12 rings (SSSR count). The molecule has 2 saturated heterocycles. The molecule has 8 aromatic carbocycles. The molecular weight excluding hydrogens is 1430 g/mol. The van der Waals surface area contributed by atoms with Crippen molar-refractivity contribution >= 4 is 94.1 Å². The van der Waals surface area contributed by atoms with E-state index in [4.69, 9.17) is 65.1 Å². The summed E-state index contributed by atoms with van der Waals surface area (Å²) >= 11 is 0. The Balaban J connectivity index is 0.00000633. The zero-order valence-electron chi connectivity index (χ0n) is 62.6. The number of nitrogens with zero attached hydrogens (tertiary/aromatic N) is 2. The van der Waals surface area contributed by atoms with E-state index in [0.717, 1.165) is 117 Å². The highest BCUT2D eigenvalue weighted by atomic mass is 28.5. The molecule has 2 atom stereocenters. The smallest absolute Gasteiger partial charge is 0.311 e. The summed E-state index contributed by atoms with van der Waals surface area (Å²) in [5, 5.41) is 4.56. The third-order valence-electron chi connectivity index (χ3n) is 19.6. The van der Waals surface area contributed by atoms with Crippen molar-refractivity contribution in [2.45, 2.75) is 116 Å². The van der Waals surface area contributed by atoms with Crippen molar-refractivity contribution in [3.8, 4) is 34.5 Å². The fourth-order valence-electron chi connectivity index (χ4n) is 14.5. The lowest BCUT2D eigenvalue weighted by molar-refractivity contribution is -0.150. The zero-order valence-corrected chi connectivity index (χ0v) is 65.6. The quantitative estimate of drug-likeness (QED) is 0.0159. The Hall–Kier alpha value is -9.47. The summed E-state index contributed by atoms with van der Waals surface area (Å²) in [6, 6.07) is 54.0. The van der Waals surface area contributed by atoms with Gasteiger partial charge in [-0.1, -0.05) is 112 Å². The Kier molecular flexibility index (Phi) is 28.1. The van der Waals surface area contributed by atoms with E-state index in [2.05, 4.69) is 134 Å². The van der Waals surface area contributed by atoms with E-state index in [1.807, 2.05) is 97.1 Å². The molecule has 0 N–H and O–H groups in total. The molecule has 109 heavy (non-hydrogen) atoms. The summed E-state index contributed by atoms with van der Waals surface area (Å²) in [7, 11) is -3.79. The van der Waals surface area contributed by atoms with Crippen molar-refractivity contribution < 1.29 is 84.3 Å². The van der Waals surface area contributed by atoms with Gasteiger partial charge in [-0.15, -0.1) is 0 Å². The van der Waals surface area contributed by atoms with Crippen molar-refractivity contribution in [1.29, 1.82) is 0 Å². The first-order valence-corrected chi connectivity index (χ1v) is 46.1. The van der Waals surface area contributed by atoms with Crippen molar-refractivity contribution in [1.82, 2.24) is 0 Å². The van der Waals surface area contributed by atoms with Crippen LogP contribution in [0.4, 0.5) is 11.4 Å². The normalized spacial score (nSPS) is 16.8. The second-order valence-corrected chi connectivity index (χ2v) is 41.1. The summed E-state index contributed by atoms with van der Waals surface area (Å²) in [6.07, 6.45) is 9.31. The number of methoxy groups -OCH3 is 2. The lowest BCUT2D eigenvalue weighted by Gasteiger charge is -2.38. The highest BCUT2D eigenvalue weighted by molar-refractivity contribution is 6.87. The van der Waals surface area contributed by atoms with Gasteiger partial charge in [-0.2, -0.15) is 0 Å². The van der Waals surface area contributed by atoms with Crippen LogP contribution in [-0.2, 0) is 67.0 Å². The number of benzene rings is 8. The van der Waals surface area contributed by atoms with E-state index in [0.29, 0.717) is 50.8 Å². The first-order chi connectivity index (χ1) is 51.7. The Morgan fingerprint density at radius 1 is 0.404 bits per heavy atom. The van der Waals surface area contributed by atoms with Crippen LogP contribution in [-0.4, -0.2) is 156 Å². The van der Waals surface area contributed by atoms with Crippen LogP contribution in [0.1, 0.15) is 86.8 Å². The topological polar surface area (TPSA) is 204 Å². The molecule has 0 amide bonds. The SMILES string of the molecule is C.C.COc1ccc(C2(c3ccc(OCCOC(=O)CCC(=O)OCCC[Si](C)(C)O[Si](C)(C)O[Si](C)(C)CCCOC(=O)CCC(=O)OCCOc4ccc(C5(c6ccc(OC)cc6)C=Cc6c(cc(N7CCOCC7)c7ccccc67)O5)cc4)cc3)C=Cc3c(cc(N4CCOCC4)c4ccccc34)O2)cc1. The minimum absolute atomic E-state index is 0. The second kappa shape index (κ2) is 37.3. The summed E-state index contributed by atoms with van der Waals surface area (Å²) < 4.78 is 84.3. The van der Waals surface area contributed by atoms with Crippen molar-refractivity contribution in [3.05, 3.63) is 203 Å². The van der Waals surface area contributed by atoms with Gasteiger partial charge in [-0.3, -0.25) is 19.2 Å². The Bertz CT molecular complexity index is 4160. The minimum Gasteiger partial charge on any atom is -0.497 e. The lowest BCUT2D eigenvalue weighted by atomic mass is 9.83. The Morgan fingerprint density at radius 3 is 1.05 bits per heavy atom. The van der Waals surface area contributed by atoms with Gasteiger partial charge >= 0.3 is 32.4 Å². The van der Waals surface area contributed by atoms with Crippen LogP contribution in [0, 0.1) is 0 Å². The predicted octanol–water partition coefficient (Wildman–Crippen LogP) is 16.8. The number of fused-ring (bicyclic) bond motifs is 6. The molecule has 23 heteroatoms. The van der Waals surface area contributed by atoms with Crippen LogP contribution in [0.25, 0.3) is 33.7 Å². The van der Waals surface area contributed by atoms with Crippen LogP contribution >= 0.6 is 0 Å². The molecule has 4 heterocycles. The zero-order chi connectivity index (χ0) is 75.0. The summed E-state index contributed by atoms with van der Waals surface area (Å²) in [6.45, 7) is 19.1. The van der Waals surface area contributed by atoms with E-state index < -0.39 is 60.3 Å². The number of carbonyl (C=O) groups excluding carboxylic acids is 4. The molecule has 4 aliphatic rings. The molecule has 0 aromatic heterocycles. The van der Waals surface area contributed by atoms with Crippen LogP contribution < -0.4 is 38.2 Å². The molecule has 20 nitrogen and oxygen atoms in total. The van der Waals surface area contributed by atoms with Crippen LogP contribution in [0.5, 0.6) is 34.5 Å². The van der Waals surface area contributed by atoms with Gasteiger partial charge in [-0.05, 0) is 148 Å². The number of hydrogen-bond acceptors (Lipinski definition) is 20. The van der Waals surface area contributed by atoms with E-state index in [9.17, 15) is 19.2 Å². The van der Waals surface area contributed by atoms with Gasteiger partial charge in [0.1, 0.15) is 60.9 Å². The summed E-state index contributed by atoms with van der Waals surface area (Å²) in [5.41, 5.74) is 5.94. The molecule has 0 spiro atoms. The van der Waals surface area contributed by atoms with Crippen molar-refractivity contribution in [3.63, 3.8) is 0 Å². The highest BCUT2D eigenvalue weighted by Gasteiger charge is 2.42. The van der Waals surface area contributed by atoms with E-state index in [1.54, 1.807) is 14.2 Å². The largest absolute Gasteiger partial charge is 0.497 e. The van der Waals surface area contributed by atoms with E-state index in [1.165, 1.54) is 10.8 Å². The molecule has 2 fully saturated rings. The first kappa shape index (κ1) is 82.0. The van der Waals surface area contributed by atoms with Crippen LogP contribution in [0.15, 0.2) is 170 Å². The number of morpholine rings is 2. The number of ether oxygens (including phenoxy) is 12. The average Bonchev–Trinajstić information content (AvgIpc) is 0.738. The van der Waals surface area contributed by atoms with Gasteiger partial charge < -0.3 is 74.9 Å². The van der Waals surface area contributed by atoms with Gasteiger partial charge in [-0.25, -0.2) is 0 Å². The Morgan fingerprint density at radius 2 is 0.716 bits per heavy atom. The third kappa shape index (κ3) is 20.7. The van der Waals surface area contributed by atoms with Gasteiger partial charge in [0, 0.05) is 93.8 Å². The van der Waals surface area contributed by atoms with Gasteiger partial charge in [0.2, 0.25) is 0 Å². The summed E-state index contributed by atoms with van der Waals surface area (Å²) in [4.78, 5) is 55.6. The number of anilines is 2. The molecule has 2 unspecified atom stereocenters. The van der Waals surface area contributed by atoms with Gasteiger partial charge in [0.25, 0.3) is 0 Å². The maximum Gasteiger partial charge on any atom is 0.311 e. The van der Waals surface area contributed by atoms with Crippen molar-refractivity contribution in [2.24, 2.45) is 0 Å². The van der Waals surface area contributed by atoms with Crippen molar-refractivity contribution in [2.75, 3.05) is 116 Å². The minimum atomic E-state index is -2.59. The fraction of sp³-hybridized carbons (Fsp3) is 0.395. The standard InChI is InChI=1S/C84H98N2O18Si3.2CH4/c1-91-65-27-19-61(20-28-65)83(41-39-73-69-15-9-11-17-71(69)75(59-77(73)101-83)85-43-49-93-50-44-85)63-23-31-67(32-24-63)95-53-55-99-81(89)37-35-79(87)97-47-13-57-105(3,4)103-107(7,8)104-106(5,6)58-14-48-98-80(88)36-38-82(90)100-56-54-96-68-33-25-64(26-34-68)84(62-21-29-66(92-2)30-22-62)42-40-74-70-16-10-12-18-72(70)76(60-78(74)102-84)86-45-51-94-52-46-86;;/h9-12,15-34,39-42,59-60H,13-14,35-38,43-58H2,1-8H3;2*1H4. The number of esters is 4. The first-order valence-electron chi connectivity index (χ1n) is 37.0. The number of carbonyl (C=O) groups is 4. The van der Waals surface area contributed by atoms with Crippen LogP contribution in [0.2, 0.25) is 51.4 Å². The second-order valence-electron chi connectivity index (χ2n) is 28.7. The molecule has 0 radical (unpaired) electrons. The Labute approximate surface area is 644 Å². The third-order valence-corrected chi connectivity index (χ3v) is 31.1. The molecule has 0 bridgehead atoms. The van der Waals surface area contributed by atoms with E-state index in [-0.39, 0.29) is 80.2 Å². The maximum atomic E-state index is 12.7. The molecule has 4 aliphatic heterocycles. The monoisotopic (exact) mass is 1540 g/mol. The molecule has 8 aromatic rings. The van der Waals surface area contributed by atoms with Crippen LogP contribution in [0.3, 0.4) is 0 Å². The molecule has 0 saturated carbocycles. The molecular formula is C86H106N2O18Si3.